The van der Waals surface area contributed by atoms with E-state index in [1.165, 1.54) is 38.8 Å². The molecule has 0 bridgehead atoms. The lowest BCUT2D eigenvalue weighted by molar-refractivity contribution is 0.0638. The quantitative estimate of drug-likeness (QED) is 0.863. The average Bonchev–Trinajstić information content (AvgIpc) is 2.91. The van der Waals surface area contributed by atoms with Gasteiger partial charge in [-0.1, -0.05) is 37.1 Å². The zero-order valence-electron chi connectivity index (χ0n) is 15.6. The Morgan fingerprint density at radius 2 is 1.59 bits per heavy atom. The van der Waals surface area contributed by atoms with Crippen molar-refractivity contribution in [1.29, 1.82) is 0 Å². The number of urea groups is 1. The molecule has 2 saturated heterocycles. The first-order valence-electron chi connectivity index (χ1n) is 9.91. The maximum Gasteiger partial charge on any atom is 0.321 e. The van der Waals surface area contributed by atoms with E-state index in [2.05, 4.69) is 10.2 Å². The molecule has 2 aromatic carbocycles. The second-order valence-electron chi connectivity index (χ2n) is 7.38. The Balaban J connectivity index is 1.29. The number of rotatable bonds is 4. The number of hydrogen-bond acceptors (Lipinski definition) is 3. The fourth-order valence-electron chi connectivity index (χ4n) is 3.78. The van der Waals surface area contributed by atoms with E-state index in [4.69, 9.17) is 4.74 Å². The van der Waals surface area contributed by atoms with E-state index in [1.807, 2.05) is 59.5 Å². The minimum Gasteiger partial charge on any atom is -0.457 e. The molecule has 0 spiro atoms. The summed E-state index contributed by atoms with van der Waals surface area (Å²) in [5, 5.41) is 2.99. The third-order valence-electron chi connectivity index (χ3n) is 5.37. The van der Waals surface area contributed by atoms with Crippen molar-refractivity contribution < 1.29 is 9.53 Å². The van der Waals surface area contributed by atoms with Crippen LogP contribution < -0.4 is 10.1 Å². The van der Waals surface area contributed by atoms with E-state index in [1.54, 1.807) is 0 Å². The van der Waals surface area contributed by atoms with Crippen molar-refractivity contribution >= 4 is 11.7 Å². The van der Waals surface area contributed by atoms with Crippen LogP contribution in [0.5, 0.6) is 11.5 Å². The monoisotopic (exact) mass is 365 g/mol. The van der Waals surface area contributed by atoms with Gasteiger partial charge in [-0.3, -0.25) is 4.90 Å². The van der Waals surface area contributed by atoms with Crippen LogP contribution in [0.15, 0.2) is 54.6 Å². The summed E-state index contributed by atoms with van der Waals surface area (Å²) in [6, 6.07) is 17.7. The summed E-state index contributed by atoms with van der Waals surface area (Å²) in [6.45, 7) is 4.01. The number of para-hydroxylation sites is 1. The molecule has 0 aliphatic carbocycles. The lowest BCUT2D eigenvalue weighted by Gasteiger charge is -2.45. The van der Waals surface area contributed by atoms with Crippen molar-refractivity contribution in [3.8, 4) is 11.5 Å². The third kappa shape index (κ3) is 4.61. The smallest absolute Gasteiger partial charge is 0.321 e. The Morgan fingerprint density at radius 3 is 2.33 bits per heavy atom. The van der Waals surface area contributed by atoms with Crippen molar-refractivity contribution in [1.82, 2.24) is 9.80 Å². The second kappa shape index (κ2) is 8.44. The molecule has 4 rings (SSSR count). The van der Waals surface area contributed by atoms with Crippen LogP contribution in [-0.2, 0) is 0 Å². The maximum absolute atomic E-state index is 12.5. The molecule has 27 heavy (non-hydrogen) atoms. The largest absolute Gasteiger partial charge is 0.457 e. The van der Waals surface area contributed by atoms with Gasteiger partial charge < -0.3 is 15.0 Å². The van der Waals surface area contributed by atoms with Crippen molar-refractivity contribution in [2.24, 2.45) is 0 Å². The van der Waals surface area contributed by atoms with Crippen molar-refractivity contribution in [2.75, 3.05) is 31.5 Å². The van der Waals surface area contributed by atoms with Gasteiger partial charge in [0, 0.05) is 30.9 Å². The van der Waals surface area contributed by atoms with Gasteiger partial charge in [-0.05, 0) is 50.2 Å². The highest BCUT2D eigenvalue weighted by Gasteiger charge is 2.34. The number of carbonyl (C=O) groups is 1. The number of anilines is 1. The van der Waals surface area contributed by atoms with Crippen LogP contribution in [0.1, 0.15) is 25.7 Å². The van der Waals surface area contributed by atoms with E-state index in [-0.39, 0.29) is 6.03 Å². The summed E-state index contributed by atoms with van der Waals surface area (Å²) < 4.78 is 5.84. The molecule has 2 amide bonds. The van der Waals surface area contributed by atoms with E-state index < -0.39 is 0 Å². The topological polar surface area (TPSA) is 44.8 Å². The molecule has 2 aromatic rings. The van der Waals surface area contributed by atoms with Crippen LogP contribution in [0.3, 0.4) is 0 Å². The lowest BCUT2D eigenvalue weighted by atomic mass is 10.1. The predicted octanol–water partition coefficient (Wildman–Crippen LogP) is 4.57. The second-order valence-corrected chi connectivity index (χ2v) is 7.38. The zero-order chi connectivity index (χ0) is 18.5. The van der Waals surface area contributed by atoms with Crippen LogP contribution in [0, 0.1) is 0 Å². The fraction of sp³-hybridized carbons (Fsp3) is 0.409. The molecule has 2 aliphatic heterocycles. The van der Waals surface area contributed by atoms with E-state index in [0.29, 0.717) is 11.8 Å². The molecule has 1 N–H and O–H groups in total. The normalized spacial score (nSPS) is 18.4. The first-order chi connectivity index (χ1) is 13.3. The highest BCUT2D eigenvalue weighted by molar-refractivity contribution is 5.90. The van der Waals surface area contributed by atoms with E-state index in [0.717, 1.165) is 24.5 Å². The molecule has 5 nitrogen and oxygen atoms in total. The predicted molar refractivity (Wildman–Crippen MR) is 107 cm³/mol. The van der Waals surface area contributed by atoms with Crippen LogP contribution in [0.2, 0.25) is 0 Å². The number of nitrogens with one attached hydrogen (secondary N) is 1. The summed E-state index contributed by atoms with van der Waals surface area (Å²) in [7, 11) is 0. The fourth-order valence-corrected chi connectivity index (χ4v) is 3.78. The summed E-state index contributed by atoms with van der Waals surface area (Å²) in [5.74, 6) is 1.49. The molecule has 142 valence electrons. The molecule has 5 heteroatoms. The number of amides is 2. The molecule has 0 saturated carbocycles. The minimum atomic E-state index is -0.0297. The van der Waals surface area contributed by atoms with Crippen LogP contribution in [-0.4, -0.2) is 48.1 Å². The minimum absolute atomic E-state index is 0.0297. The number of carbonyl (C=O) groups excluding carboxylic acids is 1. The van der Waals surface area contributed by atoms with E-state index in [9.17, 15) is 4.79 Å². The summed E-state index contributed by atoms with van der Waals surface area (Å²) in [6.07, 6.45) is 5.26. The molecular formula is C22H27N3O2. The number of likely N-dealkylation sites (tertiary alicyclic amines) is 2. The number of ether oxygens (including phenoxy) is 1. The third-order valence-corrected chi connectivity index (χ3v) is 5.37. The highest BCUT2D eigenvalue weighted by atomic mass is 16.5. The molecule has 0 aromatic heterocycles. The SMILES string of the molecule is O=C(Nc1cccc(Oc2ccccc2)c1)N1CC(N2CCCCCC2)C1. The van der Waals surface area contributed by atoms with Gasteiger partial charge >= 0.3 is 6.03 Å². The van der Waals surface area contributed by atoms with Crippen LogP contribution >= 0.6 is 0 Å². The van der Waals surface area contributed by atoms with Crippen molar-refractivity contribution in [3.05, 3.63) is 54.6 Å². The molecule has 0 unspecified atom stereocenters. The summed E-state index contributed by atoms with van der Waals surface area (Å²) in [5.41, 5.74) is 0.756. The van der Waals surface area contributed by atoms with Gasteiger partial charge in [-0.15, -0.1) is 0 Å². The van der Waals surface area contributed by atoms with Gasteiger partial charge in [0.05, 0.1) is 0 Å². The number of benzene rings is 2. The zero-order valence-corrected chi connectivity index (χ0v) is 15.6. The Labute approximate surface area is 160 Å². The number of nitrogens with zero attached hydrogens (tertiary/aromatic N) is 2. The van der Waals surface area contributed by atoms with Crippen LogP contribution in [0.25, 0.3) is 0 Å². The first-order valence-corrected chi connectivity index (χ1v) is 9.91. The molecule has 0 radical (unpaired) electrons. The van der Waals surface area contributed by atoms with Gasteiger partial charge in [0.2, 0.25) is 0 Å². The highest BCUT2D eigenvalue weighted by Crippen LogP contribution is 2.25. The Hall–Kier alpha value is -2.53. The molecule has 2 fully saturated rings. The Morgan fingerprint density at radius 1 is 0.889 bits per heavy atom. The van der Waals surface area contributed by atoms with Gasteiger partial charge in [0.1, 0.15) is 11.5 Å². The van der Waals surface area contributed by atoms with Gasteiger partial charge in [-0.2, -0.15) is 0 Å². The summed E-state index contributed by atoms with van der Waals surface area (Å²) in [4.78, 5) is 17.0. The maximum atomic E-state index is 12.5. The van der Waals surface area contributed by atoms with Gasteiger partial charge in [0.25, 0.3) is 0 Å². The van der Waals surface area contributed by atoms with Crippen molar-refractivity contribution in [2.45, 2.75) is 31.7 Å². The van der Waals surface area contributed by atoms with Crippen molar-refractivity contribution in [3.63, 3.8) is 0 Å². The molecule has 0 atom stereocenters. The van der Waals surface area contributed by atoms with E-state index >= 15 is 0 Å². The van der Waals surface area contributed by atoms with Gasteiger partial charge in [0.15, 0.2) is 0 Å². The molecule has 2 heterocycles. The Bertz CT molecular complexity index is 751. The Kier molecular flexibility index (Phi) is 5.58. The summed E-state index contributed by atoms with van der Waals surface area (Å²) >= 11 is 0. The van der Waals surface area contributed by atoms with Gasteiger partial charge in [-0.25, -0.2) is 4.79 Å². The van der Waals surface area contributed by atoms with Crippen LogP contribution in [0.4, 0.5) is 10.5 Å². The standard InChI is InChI=1S/C22H27N3O2/c26-22(25-16-19(17-25)24-13-6-1-2-7-14-24)23-18-9-8-12-21(15-18)27-20-10-4-3-5-11-20/h3-5,8-12,15,19H,1-2,6-7,13-14,16-17H2,(H,23,26). The first kappa shape index (κ1) is 17.9. The molecule has 2 aliphatic rings. The average molecular weight is 365 g/mol. The number of hydrogen-bond donors (Lipinski definition) is 1. The molecular weight excluding hydrogens is 338 g/mol. The lowest BCUT2D eigenvalue weighted by Crippen LogP contribution is -2.62.